The molecule has 1 saturated heterocycles. The van der Waals surface area contributed by atoms with Gasteiger partial charge in [0.2, 0.25) is 0 Å². The van der Waals surface area contributed by atoms with Crippen LogP contribution in [0.3, 0.4) is 0 Å². The fourth-order valence-electron chi connectivity index (χ4n) is 4.30. The maximum atomic E-state index is 12.6. The summed E-state index contributed by atoms with van der Waals surface area (Å²) >= 11 is 1.74. The minimum absolute atomic E-state index is 0.204. The summed E-state index contributed by atoms with van der Waals surface area (Å²) in [7, 11) is 3.14. The highest BCUT2D eigenvalue weighted by Crippen LogP contribution is 2.47. The first-order chi connectivity index (χ1) is 13.1. The first-order valence-corrected chi connectivity index (χ1v) is 10.2. The molecule has 5 nitrogen and oxygen atoms in total. The van der Waals surface area contributed by atoms with Crippen LogP contribution in [0.25, 0.3) is 0 Å². The normalized spacial score (nSPS) is 28.1. The van der Waals surface area contributed by atoms with Gasteiger partial charge in [-0.2, -0.15) is 0 Å². The Morgan fingerprint density at radius 2 is 2.11 bits per heavy atom. The molecule has 1 fully saturated rings. The van der Waals surface area contributed by atoms with Crippen molar-refractivity contribution in [1.29, 1.82) is 0 Å². The van der Waals surface area contributed by atoms with Crippen LogP contribution in [-0.4, -0.2) is 44.0 Å². The number of methoxy groups -OCH3 is 2. The molecule has 0 saturated carbocycles. The molecule has 1 aromatic carbocycles. The van der Waals surface area contributed by atoms with Gasteiger partial charge in [0.1, 0.15) is 11.6 Å². The van der Waals surface area contributed by atoms with Crippen LogP contribution in [-0.2, 0) is 37.6 Å². The van der Waals surface area contributed by atoms with Crippen molar-refractivity contribution in [2.24, 2.45) is 0 Å². The van der Waals surface area contributed by atoms with Crippen molar-refractivity contribution < 1.29 is 19.0 Å². The Hall–Kier alpha value is -1.73. The molecule has 3 unspecified atom stereocenters. The number of thiophene rings is 1. The molecular weight excluding hydrogens is 362 g/mol. The molecular formula is C21H25NO4S. The summed E-state index contributed by atoms with van der Waals surface area (Å²) in [5, 5.41) is 2.11. The molecule has 1 aromatic heterocycles. The van der Waals surface area contributed by atoms with Gasteiger partial charge in [0, 0.05) is 37.9 Å². The SMILES string of the molecule is COC(=O)C1CC2(CCN1Cc1ccccc1)OC(OC)Cc1sccc12. The van der Waals surface area contributed by atoms with Gasteiger partial charge in [0.15, 0.2) is 6.29 Å². The zero-order chi connectivity index (χ0) is 18.9. The Morgan fingerprint density at radius 1 is 1.30 bits per heavy atom. The summed E-state index contributed by atoms with van der Waals surface area (Å²) in [6.07, 6.45) is 1.91. The Balaban J connectivity index is 1.63. The first-order valence-electron chi connectivity index (χ1n) is 9.28. The van der Waals surface area contributed by atoms with Gasteiger partial charge in [-0.15, -0.1) is 11.3 Å². The van der Waals surface area contributed by atoms with Crippen molar-refractivity contribution in [3.8, 4) is 0 Å². The highest BCUT2D eigenvalue weighted by Gasteiger charge is 2.49. The van der Waals surface area contributed by atoms with E-state index < -0.39 is 5.60 Å². The molecule has 0 aliphatic carbocycles. The van der Waals surface area contributed by atoms with Gasteiger partial charge in [-0.1, -0.05) is 30.3 Å². The molecule has 1 spiro atoms. The van der Waals surface area contributed by atoms with Crippen LogP contribution in [0.1, 0.15) is 28.8 Å². The predicted molar refractivity (Wildman–Crippen MR) is 103 cm³/mol. The van der Waals surface area contributed by atoms with E-state index in [-0.39, 0.29) is 18.3 Å². The number of carbonyl (C=O) groups is 1. The minimum atomic E-state index is -0.486. The van der Waals surface area contributed by atoms with Crippen molar-refractivity contribution in [3.63, 3.8) is 0 Å². The second kappa shape index (κ2) is 7.72. The summed E-state index contributed by atoms with van der Waals surface area (Å²) in [4.78, 5) is 16.2. The molecule has 6 heteroatoms. The highest BCUT2D eigenvalue weighted by atomic mass is 32.1. The average molecular weight is 388 g/mol. The number of esters is 1. The topological polar surface area (TPSA) is 48.0 Å². The lowest BCUT2D eigenvalue weighted by Crippen LogP contribution is -2.55. The van der Waals surface area contributed by atoms with Crippen LogP contribution in [0.2, 0.25) is 0 Å². The molecule has 27 heavy (non-hydrogen) atoms. The molecule has 0 amide bonds. The predicted octanol–water partition coefficient (Wildman–Crippen LogP) is 3.33. The average Bonchev–Trinajstić information content (AvgIpc) is 3.19. The van der Waals surface area contributed by atoms with Gasteiger partial charge in [-0.3, -0.25) is 9.69 Å². The summed E-state index contributed by atoms with van der Waals surface area (Å²) in [5.74, 6) is -0.204. The van der Waals surface area contributed by atoms with Gasteiger partial charge in [-0.05, 0) is 29.0 Å². The molecule has 0 bridgehead atoms. The quantitative estimate of drug-likeness (QED) is 0.753. The van der Waals surface area contributed by atoms with Crippen LogP contribution >= 0.6 is 11.3 Å². The summed E-state index contributed by atoms with van der Waals surface area (Å²) in [6, 6.07) is 12.0. The van der Waals surface area contributed by atoms with Crippen molar-refractivity contribution >= 4 is 17.3 Å². The standard InChI is InChI=1S/C21H25NO4S/c1-24-19-12-18-16(8-11-27-18)21(26-19)9-10-22(17(13-21)20(23)25-2)14-15-6-4-3-5-7-15/h3-8,11,17,19H,9-10,12-14H2,1-2H3. The lowest BCUT2D eigenvalue weighted by atomic mass is 9.78. The largest absolute Gasteiger partial charge is 0.468 e. The van der Waals surface area contributed by atoms with E-state index in [9.17, 15) is 4.79 Å². The Kier molecular flexibility index (Phi) is 5.32. The third kappa shape index (κ3) is 3.55. The maximum Gasteiger partial charge on any atom is 0.323 e. The molecule has 2 aromatic rings. The number of piperidine rings is 1. The third-order valence-electron chi connectivity index (χ3n) is 5.68. The summed E-state index contributed by atoms with van der Waals surface area (Å²) < 4.78 is 17.1. The molecule has 2 aliphatic heterocycles. The van der Waals surface area contributed by atoms with Crippen molar-refractivity contribution in [2.45, 2.75) is 43.7 Å². The van der Waals surface area contributed by atoms with Gasteiger partial charge in [-0.25, -0.2) is 0 Å². The second-order valence-electron chi connectivity index (χ2n) is 7.19. The van der Waals surface area contributed by atoms with E-state index in [1.54, 1.807) is 18.4 Å². The molecule has 0 N–H and O–H groups in total. The number of fused-ring (bicyclic) bond motifs is 2. The number of nitrogens with zero attached hydrogens (tertiary/aromatic N) is 1. The Bertz CT molecular complexity index is 792. The number of rotatable bonds is 4. The van der Waals surface area contributed by atoms with Crippen LogP contribution < -0.4 is 0 Å². The van der Waals surface area contributed by atoms with E-state index in [4.69, 9.17) is 14.2 Å². The third-order valence-corrected chi connectivity index (χ3v) is 6.62. The van der Waals surface area contributed by atoms with E-state index in [0.717, 1.165) is 25.9 Å². The van der Waals surface area contributed by atoms with E-state index in [0.29, 0.717) is 6.42 Å². The van der Waals surface area contributed by atoms with Crippen LogP contribution in [0.15, 0.2) is 41.8 Å². The zero-order valence-corrected chi connectivity index (χ0v) is 16.5. The van der Waals surface area contributed by atoms with Crippen molar-refractivity contribution in [3.05, 3.63) is 57.8 Å². The smallest absolute Gasteiger partial charge is 0.323 e. The number of ether oxygens (including phenoxy) is 3. The molecule has 2 aliphatic rings. The van der Waals surface area contributed by atoms with E-state index in [1.807, 2.05) is 18.2 Å². The van der Waals surface area contributed by atoms with Gasteiger partial charge >= 0.3 is 5.97 Å². The number of likely N-dealkylation sites (tertiary alicyclic amines) is 1. The Labute approximate surface area is 163 Å². The number of carbonyl (C=O) groups excluding carboxylic acids is 1. The highest BCUT2D eigenvalue weighted by molar-refractivity contribution is 7.10. The lowest BCUT2D eigenvalue weighted by molar-refractivity contribution is -0.233. The minimum Gasteiger partial charge on any atom is -0.468 e. The monoisotopic (exact) mass is 387 g/mol. The summed E-state index contributed by atoms with van der Waals surface area (Å²) in [6.45, 7) is 1.49. The van der Waals surface area contributed by atoms with Gasteiger partial charge < -0.3 is 14.2 Å². The van der Waals surface area contributed by atoms with Crippen LogP contribution in [0, 0.1) is 0 Å². The van der Waals surface area contributed by atoms with Gasteiger partial charge in [0.25, 0.3) is 0 Å². The maximum absolute atomic E-state index is 12.6. The van der Waals surface area contributed by atoms with E-state index in [2.05, 4.69) is 28.5 Å². The van der Waals surface area contributed by atoms with Crippen molar-refractivity contribution in [1.82, 2.24) is 4.90 Å². The summed E-state index contributed by atoms with van der Waals surface area (Å²) in [5.41, 5.74) is 1.92. The van der Waals surface area contributed by atoms with Crippen molar-refractivity contribution in [2.75, 3.05) is 20.8 Å². The number of hydrogen-bond acceptors (Lipinski definition) is 6. The fraction of sp³-hybridized carbons (Fsp3) is 0.476. The van der Waals surface area contributed by atoms with Crippen LogP contribution in [0.5, 0.6) is 0 Å². The molecule has 144 valence electrons. The molecule has 3 heterocycles. The van der Waals surface area contributed by atoms with E-state index in [1.165, 1.54) is 23.1 Å². The molecule has 3 atom stereocenters. The number of benzene rings is 1. The van der Waals surface area contributed by atoms with Crippen LogP contribution in [0.4, 0.5) is 0 Å². The molecule has 4 rings (SSSR count). The lowest BCUT2D eigenvalue weighted by Gasteiger charge is -2.48. The molecule has 0 radical (unpaired) electrons. The number of hydrogen-bond donors (Lipinski definition) is 0. The zero-order valence-electron chi connectivity index (χ0n) is 15.7. The fourth-order valence-corrected chi connectivity index (χ4v) is 5.28. The first kappa shape index (κ1) is 18.6. The van der Waals surface area contributed by atoms with Gasteiger partial charge in [0.05, 0.1) is 7.11 Å². The Morgan fingerprint density at radius 3 is 2.85 bits per heavy atom. The second-order valence-corrected chi connectivity index (χ2v) is 8.19. The van der Waals surface area contributed by atoms with E-state index >= 15 is 0 Å².